The van der Waals surface area contributed by atoms with E-state index in [1.807, 2.05) is 6.07 Å². The SMILES string of the molecule is N#Cc1ccc(CNc2ccc(Br)cc2F)s1. The lowest BCUT2D eigenvalue weighted by Gasteiger charge is -2.06. The molecule has 2 rings (SSSR count). The monoisotopic (exact) mass is 310 g/mol. The predicted octanol–water partition coefficient (Wildman–Crippen LogP) is 4.13. The van der Waals surface area contributed by atoms with Gasteiger partial charge in [-0.15, -0.1) is 11.3 Å². The van der Waals surface area contributed by atoms with Crippen LogP contribution in [-0.2, 0) is 6.54 Å². The number of nitrogens with zero attached hydrogens (tertiary/aromatic N) is 1. The number of anilines is 1. The highest BCUT2D eigenvalue weighted by Gasteiger charge is 2.03. The van der Waals surface area contributed by atoms with Crippen LogP contribution in [0.2, 0.25) is 0 Å². The van der Waals surface area contributed by atoms with E-state index in [4.69, 9.17) is 5.26 Å². The Morgan fingerprint density at radius 1 is 1.35 bits per heavy atom. The van der Waals surface area contributed by atoms with E-state index in [9.17, 15) is 4.39 Å². The lowest BCUT2D eigenvalue weighted by molar-refractivity contribution is 0.629. The minimum atomic E-state index is -0.295. The van der Waals surface area contributed by atoms with Crippen LogP contribution in [0.5, 0.6) is 0 Å². The van der Waals surface area contributed by atoms with Crippen molar-refractivity contribution >= 4 is 33.0 Å². The maximum Gasteiger partial charge on any atom is 0.147 e. The molecule has 86 valence electrons. The maximum absolute atomic E-state index is 13.5. The molecule has 0 saturated carbocycles. The fourth-order valence-electron chi connectivity index (χ4n) is 1.35. The molecule has 17 heavy (non-hydrogen) atoms. The molecule has 1 heterocycles. The van der Waals surface area contributed by atoms with Crippen molar-refractivity contribution in [2.45, 2.75) is 6.54 Å². The van der Waals surface area contributed by atoms with E-state index in [1.54, 1.807) is 18.2 Å². The molecule has 0 spiro atoms. The van der Waals surface area contributed by atoms with Gasteiger partial charge in [-0.3, -0.25) is 0 Å². The zero-order valence-electron chi connectivity index (χ0n) is 8.71. The predicted molar refractivity (Wildman–Crippen MR) is 70.5 cm³/mol. The van der Waals surface area contributed by atoms with Crippen LogP contribution in [0.25, 0.3) is 0 Å². The third-order valence-electron chi connectivity index (χ3n) is 2.16. The van der Waals surface area contributed by atoms with E-state index < -0.39 is 0 Å². The summed E-state index contributed by atoms with van der Waals surface area (Å²) in [6.07, 6.45) is 0. The van der Waals surface area contributed by atoms with E-state index in [2.05, 4.69) is 27.3 Å². The smallest absolute Gasteiger partial charge is 0.147 e. The first kappa shape index (κ1) is 12.1. The minimum absolute atomic E-state index is 0.295. The fourth-order valence-corrected chi connectivity index (χ4v) is 2.43. The van der Waals surface area contributed by atoms with Crippen LogP contribution in [0.3, 0.4) is 0 Å². The van der Waals surface area contributed by atoms with Crippen LogP contribution in [0.15, 0.2) is 34.8 Å². The van der Waals surface area contributed by atoms with E-state index in [0.717, 1.165) is 4.88 Å². The molecule has 0 aliphatic carbocycles. The molecule has 2 aromatic rings. The van der Waals surface area contributed by atoms with Gasteiger partial charge >= 0.3 is 0 Å². The number of hydrogen-bond donors (Lipinski definition) is 1. The van der Waals surface area contributed by atoms with Crippen molar-refractivity contribution in [2.75, 3.05) is 5.32 Å². The molecule has 0 amide bonds. The largest absolute Gasteiger partial charge is 0.378 e. The van der Waals surface area contributed by atoms with E-state index in [-0.39, 0.29) is 5.82 Å². The van der Waals surface area contributed by atoms with Gasteiger partial charge < -0.3 is 5.32 Å². The quantitative estimate of drug-likeness (QED) is 0.925. The van der Waals surface area contributed by atoms with Crippen molar-refractivity contribution in [2.24, 2.45) is 0 Å². The Balaban J connectivity index is 2.05. The summed E-state index contributed by atoms with van der Waals surface area (Å²) in [6, 6.07) is 10.6. The lowest BCUT2D eigenvalue weighted by Crippen LogP contribution is -1.99. The number of nitrogens with one attached hydrogen (secondary N) is 1. The van der Waals surface area contributed by atoms with Gasteiger partial charge in [0, 0.05) is 15.9 Å². The minimum Gasteiger partial charge on any atom is -0.378 e. The summed E-state index contributed by atoms with van der Waals surface area (Å²) >= 11 is 4.61. The number of thiophene rings is 1. The van der Waals surface area contributed by atoms with Crippen LogP contribution >= 0.6 is 27.3 Å². The average Bonchev–Trinajstić information content (AvgIpc) is 2.76. The molecule has 0 bridgehead atoms. The maximum atomic E-state index is 13.5. The van der Waals surface area contributed by atoms with Crippen LogP contribution in [-0.4, -0.2) is 0 Å². The molecule has 1 N–H and O–H groups in total. The summed E-state index contributed by atoms with van der Waals surface area (Å²) in [5.74, 6) is -0.295. The zero-order chi connectivity index (χ0) is 12.3. The van der Waals surface area contributed by atoms with Crippen molar-refractivity contribution in [1.29, 1.82) is 5.26 Å². The van der Waals surface area contributed by atoms with Gasteiger partial charge in [0.05, 0.1) is 5.69 Å². The summed E-state index contributed by atoms with van der Waals surface area (Å²) in [7, 11) is 0. The van der Waals surface area contributed by atoms with Crippen molar-refractivity contribution in [3.8, 4) is 6.07 Å². The molecular weight excluding hydrogens is 303 g/mol. The van der Waals surface area contributed by atoms with Crippen LogP contribution in [0.1, 0.15) is 9.75 Å². The van der Waals surface area contributed by atoms with Crippen LogP contribution in [0, 0.1) is 17.1 Å². The van der Waals surface area contributed by atoms with Crippen molar-refractivity contribution in [3.63, 3.8) is 0 Å². The number of benzene rings is 1. The Bertz CT molecular complexity index is 574. The molecule has 2 nitrogen and oxygen atoms in total. The third-order valence-corrected chi connectivity index (χ3v) is 3.64. The molecule has 0 radical (unpaired) electrons. The molecule has 1 aromatic heterocycles. The standard InChI is InChI=1S/C12H8BrFN2S/c13-8-1-4-12(11(14)5-8)16-7-10-3-2-9(6-15)17-10/h1-5,16H,7H2. The number of hydrogen-bond acceptors (Lipinski definition) is 3. The van der Waals surface area contributed by atoms with Crippen LogP contribution in [0.4, 0.5) is 10.1 Å². The molecule has 0 aliphatic heterocycles. The van der Waals surface area contributed by atoms with Crippen molar-refractivity contribution < 1.29 is 4.39 Å². The topological polar surface area (TPSA) is 35.8 Å². The van der Waals surface area contributed by atoms with Crippen molar-refractivity contribution in [1.82, 2.24) is 0 Å². The second-order valence-corrected chi connectivity index (χ2v) is 5.44. The molecular formula is C12H8BrFN2S. The normalized spacial score (nSPS) is 9.94. The number of halogens is 2. The molecule has 0 saturated heterocycles. The van der Waals surface area contributed by atoms with E-state index in [0.29, 0.717) is 21.6 Å². The van der Waals surface area contributed by atoms with Gasteiger partial charge in [0.15, 0.2) is 0 Å². The second-order valence-electron chi connectivity index (χ2n) is 3.36. The average molecular weight is 311 g/mol. The van der Waals surface area contributed by atoms with Gasteiger partial charge in [-0.25, -0.2) is 4.39 Å². The van der Waals surface area contributed by atoms with Gasteiger partial charge in [-0.1, -0.05) is 15.9 Å². The highest BCUT2D eigenvalue weighted by Crippen LogP contribution is 2.21. The first-order valence-corrected chi connectivity index (χ1v) is 6.48. The Labute approximate surface area is 111 Å². The molecule has 5 heteroatoms. The molecule has 0 fully saturated rings. The molecule has 1 aromatic carbocycles. The fraction of sp³-hybridized carbons (Fsp3) is 0.0833. The van der Waals surface area contributed by atoms with E-state index in [1.165, 1.54) is 17.4 Å². The highest BCUT2D eigenvalue weighted by molar-refractivity contribution is 9.10. The molecule has 0 aliphatic rings. The van der Waals surface area contributed by atoms with E-state index >= 15 is 0 Å². The summed E-state index contributed by atoms with van der Waals surface area (Å²) in [4.78, 5) is 1.67. The Kier molecular flexibility index (Phi) is 3.77. The second kappa shape index (κ2) is 5.30. The zero-order valence-corrected chi connectivity index (χ0v) is 11.1. The highest BCUT2D eigenvalue weighted by atomic mass is 79.9. The van der Waals surface area contributed by atoms with Gasteiger partial charge in [0.1, 0.15) is 16.8 Å². The Morgan fingerprint density at radius 3 is 2.82 bits per heavy atom. The van der Waals surface area contributed by atoms with Gasteiger partial charge in [0.25, 0.3) is 0 Å². The summed E-state index contributed by atoms with van der Waals surface area (Å²) in [5, 5.41) is 11.7. The summed E-state index contributed by atoms with van der Waals surface area (Å²) in [6.45, 7) is 0.519. The van der Waals surface area contributed by atoms with Crippen LogP contribution < -0.4 is 5.32 Å². The van der Waals surface area contributed by atoms with Gasteiger partial charge in [-0.05, 0) is 30.3 Å². The lowest BCUT2D eigenvalue weighted by atomic mass is 10.3. The van der Waals surface area contributed by atoms with Crippen molar-refractivity contribution in [3.05, 3.63) is 50.4 Å². The third kappa shape index (κ3) is 3.05. The number of nitriles is 1. The van der Waals surface area contributed by atoms with Gasteiger partial charge in [0.2, 0.25) is 0 Å². The Morgan fingerprint density at radius 2 is 2.18 bits per heavy atom. The number of rotatable bonds is 3. The first-order valence-electron chi connectivity index (χ1n) is 4.87. The molecule has 0 atom stereocenters. The summed E-state index contributed by atoms with van der Waals surface area (Å²) < 4.78 is 14.2. The Hall–Kier alpha value is -1.38. The van der Waals surface area contributed by atoms with Gasteiger partial charge in [-0.2, -0.15) is 5.26 Å². The molecule has 0 unspecified atom stereocenters. The summed E-state index contributed by atoms with van der Waals surface area (Å²) in [5.41, 5.74) is 0.458. The first-order chi connectivity index (χ1) is 8.19.